The van der Waals surface area contributed by atoms with E-state index in [-0.39, 0.29) is 31.0 Å². The van der Waals surface area contributed by atoms with Crippen LogP contribution >= 0.6 is 0 Å². The molecule has 0 saturated heterocycles. The molecule has 0 saturated carbocycles. The monoisotopic (exact) mass is 321 g/mol. The van der Waals surface area contributed by atoms with Gasteiger partial charge in [-0.3, -0.25) is 4.79 Å². The molecular weight excluding hydrogens is 307 g/mol. The van der Waals surface area contributed by atoms with Crippen LogP contribution in [0.3, 0.4) is 0 Å². The molecule has 1 amide bonds. The summed E-state index contributed by atoms with van der Waals surface area (Å²) < 4.78 is 45.4. The molecule has 3 nitrogen and oxygen atoms in total. The lowest BCUT2D eigenvalue weighted by atomic mass is 10.1. The minimum atomic E-state index is -0.754. The molecule has 1 heterocycles. The van der Waals surface area contributed by atoms with Gasteiger partial charge in [0.1, 0.15) is 29.8 Å². The van der Waals surface area contributed by atoms with Crippen LogP contribution in [0.1, 0.15) is 11.1 Å². The van der Waals surface area contributed by atoms with Crippen molar-refractivity contribution in [2.45, 2.75) is 13.0 Å². The van der Waals surface area contributed by atoms with Gasteiger partial charge in [-0.05, 0) is 29.8 Å². The van der Waals surface area contributed by atoms with Crippen LogP contribution in [0.15, 0.2) is 36.4 Å². The van der Waals surface area contributed by atoms with Crippen LogP contribution in [0.2, 0.25) is 0 Å². The van der Waals surface area contributed by atoms with E-state index >= 15 is 0 Å². The van der Waals surface area contributed by atoms with E-state index in [4.69, 9.17) is 4.74 Å². The van der Waals surface area contributed by atoms with Crippen molar-refractivity contribution >= 4 is 5.91 Å². The largest absolute Gasteiger partial charge is 0.491 e. The molecule has 0 atom stereocenters. The lowest BCUT2D eigenvalue weighted by Crippen LogP contribution is -2.33. The van der Waals surface area contributed by atoms with Crippen molar-refractivity contribution in [3.8, 4) is 5.75 Å². The number of halogens is 3. The topological polar surface area (TPSA) is 29.5 Å². The van der Waals surface area contributed by atoms with Crippen molar-refractivity contribution in [2.24, 2.45) is 0 Å². The Morgan fingerprint density at radius 3 is 2.61 bits per heavy atom. The van der Waals surface area contributed by atoms with Crippen molar-refractivity contribution in [3.05, 3.63) is 65.0 Å². The highest BCUT2D eigenvalue weighted by molar-refractivity contribution is 5.79. The third-order valence-corrected chi connectivity index (χ3v) is 3.71. The Bertz CT molecular complexity index is 749. The third kappa shape index (κ3) is 3.47. The van der Waals surface area contributed by atoms with Gasteiger partial charge < -0.3 is 9.64 Å². The number of fused-ring (bicyclic) bond motifs is 1. The molecule has 2 aromatic rings. The summed E-state index contributed by atoms with van der Waals surface area (Å²) in [7, 11) is 0. The van der Waals surface area contributed by atoms with Crippen molar-refractivity contribution in [2.75, 3.05) is 13.2 Å². The van der Waals surface area contributed by atoms with Crippen LogP contribution in [0.25, 0.3) is 0 Å². The maximum atomic E-state index is 13.7. The van der Waals surface area contributed by atoms with Crippen LogP contribution in [-0.4, -0.2) is 24.0 Å². The molecule has 0 aromatic heterocycles. The molecular formula is C17H14F3NO2. The summed E-state index contributed by atoms with van der Waals surface area (Å²) in [5, 5.41) is 0. The highest BCUT2D eigenvalue weighted by Crippen LogP contribution is 2.24. The highest BCUT2D eigenvalue weighted by Gasteiger charge is 2.21. The first-order chi connectivity index (χ1) is 11.0. The van der Waals surface area contributed by atoms with Crippen molar-refractivity contribution in [1.29, 1.82) is 0 Å². The zero-order chi connectivity index (χ0) is 16.4. The average Bonchev–Trinajstić information content (AvgIpc) is 2.71. The molecule has 1 aliphatic heterocycles. The van der Waals surface area contributed by atoms with Crippen molar-refractivity contribution in [1.82, 2.24) is 4.90 Å². The summed E-state index contributed by atoms with van der Waals surface area (Å²) in [6, 6.07) is 7.26. The Labute approximate surface area is 131 Å². The molecule has 0 radical (unpaired) electrons. The zero-order valence-electron chi connectivity index (χ0n) is 12.2. The van der Waals surface area contributed by atoms with E-state index in [0.29, 0.717) is 17.9 Å². The van der Waals surface area contributed by atoms with Gasteiger partial charge in [-0.1, -0.05) is 6.07 Å². The number of nitrogens with zero attached hydrogens (tertiary/aromatic N) is 1. The normalized spacial score (nSPS) is 14.0. The van der Waals surface area contributed by atoms with Crippen LogP contribution in [0, 0.1) is 17.5 Å². The zero-order valence-corrected chi connectivity index (χ0v) is 12.2. The van der Waals surface area contributed by atoms with Gasteiger partial charge in [0.25, 0.3) is 0 Å². The minimum Gasteiger partial charge on any atom is -0.491 e. The summed E-state index contributed by atoms with van der Waals surface area (Å²) >= 11 is 0. The first-order valence-corrected chi connectivity index (χ1v) is 7.16. The molecule has 0 unspecified atom stereocenters. The van der Waals surface area contributed by atoms with Gasteiger partial charge in [-0.2, -0.15) is 0 Å². The SMILES string of the molecule is O=C(Cc1ccc(F)cc1F)N1CCOc2ccc(F)cc2C1. The number of rotatable bonds is 2. The van der Waals surface area contributed by atoms with E-state index in [1.54, 1.807) is 0 Å². The smallest absolute Gasteiger partial charge is 0.227 e. The second-order valence-electron chi connectivity index (χ2n) is 5.33. The summed E-state index contributed by atoms with van der Waals surface area (Å²) in [6.45, 7) is 0.781. The Balaban J connectivity index is 1.77. The average molecular weight is 321 g/mol. The summed E-state index contributed by atoms with van der Waals surface area (Å²) in [5.41, 5.74) is 0.691. The van der Waals surface area contributed by atoms with Crippen LogP contribution in [0.5, 0.6) is 5.75 Å². The molecule has 6 heteroatoms. The van der Waals surface area contributed by atoms with Gasteiger partial charge in [-0.15, -0.1) is 0 Å². The quantitative estimate of drug-likeness (QED) is 0.851. The third-order valence-electron chi connectivity index (χ3n) is 3.71. The van der Waals surface area contributed by atoms with Crippen LogP contribution < -0.4 is 4.74 Å². The molecule has 3 rings (SSSR count). The fourth-order valence-electron chi connectivity index (χ4n) is 2.52. The van der Waals surface area contributed by atoms with Gasteiger partial charge >= 0.3 is 0 Å². The number of carbonyl (C=O) groups is 1. The number of ether oxygens (including phenoxy) is 1. The standard InChI is InChI=1S/C17H14F3NO2/c18-13-3-4-16-12(7-13)10-21(5-6-23-16)17(22)8-11-1-2-14(19)9-15(11)20/h1-4,7,9H,5-6,8,10H2. The van der Waals surface area contributed by atoms with Gasteiger partial charge in [0.05, 0.1) is 13.0 Å². The second-order valence-corrected chi connectivity index (χ2v) is 5.33. The van der Waals surface area contributed by atoms with Crippen LogP contribution in [0.4, 0.5) is 13.2 Å². The van der Waals surface area contributed by atoms with Gasteiger partial charge in [0, 0.05) is 18.2 Å². The number of hydrogen-bond donors (Lipinski definition) is 0. The Kier molecular flexibility index (Phi) is 4.23. The maximum Gasteiger partial charge on any atom is 0.227 e. The number of carbonyl (C=O) groups excluding carboxylic acids is 1. The predicted octanol–water partition coefficient (Wildman–Crippen LogP) is 3.07. The van der Waals surface area contributed by atoms with Gasteiger partial charge in [0.2, 0.25) is 5.91 Å². The van der Waals surface area contributed by atoms with Gasteiger partial charge in [-0.25, -0.2) is 13.2 Å². The number of benzene rings is 2. The van der Waals surface area contributed by atoms with Crippen molar-refractivity contribution < 1.29 is 22.7 Å². The molecule has 0 aliphatic carbocycles. The van der Waals surface area contributed by atoms with E-state index in [0.717, 1.165) is 12.1 Å². The summed E-state index contributed by atoms with van der Waals surface area (Å²) in [5.74, 6) is -1.64. The molecule has 23 heavy (non-hydrogen) atoms. The molecule has 0 fully saturated rings. The number of hydrogen-bond acceptors (Lipinski definition) is 2. The van der Waals surface area contributed by atoms with E-state index in [9.17, 15) is 18.0 Å². The fraction of sp³-hybridized carbons (Fsp3) is 0.235. The molecule has 120 valence electrons. The Morgan fingerprint density at radius 2 is 1.83 bits per heavy atom. The van der Waals surface area contributed by atoms with E-state index in [1.165, 1.54) is 29.2 Å². The number of amides is 1. The van der Waals surface area contributed by atoms with Crippen LogP contribution in [-0.2, 0) is 17.8 Å². The Hall–Kier alpha value is -2.50. The Morgan fingerprint density at radius 1 is 1.09 bits per heavy atom. The molecule has 0 bridgehead atoms. The highest BCUT2D eigenvalue weighted by atomic mass is 19.1. The van der Waals surface area contributed by atoms with E-state index in [1.807, 2.05) is 0 Å². The first-order valence-electron chi connectivity index (χ1n) is 7.16. The minimum absolute atomic E-state index is 0.126. The summed E-state index contributed by atoms with van der Waals surface area (Å²) in [6.07, 6.45) is -0.184. The molecule has 2 aromatic carbocycles. The maximum absolute atomic E-state index is 13.7. The summed E-state index contributed by atoms with van der Waals surface area (Å²) in [4.78, 5) is 13.8. The van der Waals surface area contributed by atoms with E-state index in [2.05, 4.69) is 0 Å². The molecule has 1 aliphatic rings. The first kappa shape index (κ1) is 15.4. The fourth-order valence-corrected chi connectivity index (χ4v) is 2.52. The molecule has 0 spiro atoms. The van der Waals surface area contributed by atoms with E-state index < -0.39 is 17.5 Å². The lowest BCUT2D eigenvalue weighted by molar-refractivity contribution is -0.131. The predicted molar refractivity (Wildman–Crippen MR) is 77.4 cm³/mol. The second kappa shape index (κ2) is 6.32. The molecule has 0 N–H and O–H groups in total. The van der Waals surface area contributed by atoms with Crippen molar-refractivity contribution in [3.63, 3.8) is 0 Å². The van der Waals surface area contributed by atoms with Gasteiger partial charge in [0.15, 0.2) is 0 Å². The lowest BCUT2D eigenvalue weighted by Gasteiger charge is -2.20.